The van der Waals surface area contributed by atoms with Crippen LogP contribution in [0.1, 0.15) is 31.7 Å². The summed E-state index contributed by atoms with van der Waals surface area (Å²) in [7, 11) is 0. The standard InChI is InChI=1S/C15H21N3O/c1-3-4-8-13(15(16)19)17-18-10-11(2)12-7-5-6-9-14(12)18/h5-7,9-10,13,17H,3-4,8H2,1-2H3,(H2,16,19). The number of para-hydroxylation sites is 1. The fraction of sp³-hybridized carbons (Fsp3) is 0.400. The Kier molecular flexibility index (Phi) is 4.10. The molecule has 4 heteroatoms. The second-order valence-corrected chi connectivity index (χ2v) is 4.93. The maximum atomic E-state index is 11.5. The normalized spacial score (nSPS) is 12.5. The maximum Gasteiger partial charge on any atom is 0.241 e. The average Bonchev–Trinajstić information content (AvgIpc) is 2.72. The number of unbranched alkanes of at least 4 members (excludes halogenated alkanes) is 1. The van der Waals surface area contributed by atoms with Gasteiger partial charge >= 0.3 is 0 Å². The molecule has 0 bridgehead atoms. The van der Waals surface area contributed by atoms with Gasteiger partial charge in [0.2, 0.25) is 5.91 Å². The number of hydrogen-bond donors (Lipinski definition) is 2. The second kappa shape index (κ2) is 5.78. The van der Waals surface area contributed by atoms with Crippen LogP contribution >= 0.6 is 0 Å². The minimum atomic E-state index is -0.324. The summed E-state index contributed by atoms with van der Waals surface area (Å²) in [5.74, 6) is -0.302. The minimum Gasteiger partial charge on any atom is -0.368 e. The van der Waals surface area contributed by atoms with Crippen LogP contribution in [0.25, 0.3) is 10.9 Å². The van der Waals surface area contributed by atoms with Crippen LogP contribution in [0.3, 0.4) is 0 Å². The van der Waals surface area contributed by atoms with E-state index in [1.807, 2.05) is 29.1 Å². The molecule has 4 nitrogen and oxygen atoms in total. The molecule has 1 amide bonds. The number of nitrogens with two attached hydrogens (primary N) is 1. The molecular formula is C15H21N3O. The average molecular weight is 259 g/mol. The SMILES string of the molecule is CCCCC(Nn1cc(C)c2ccccc21)C(N)=O. The highest BCUT2D eigenvalue weighted by molar-refractivity contribution is 5.85. The van der Waals surface area contributed by atoms with Crippen LogP contribution in [-0.4, -0.2) is 16.6 Å². The lowest BCUT2D eigenvalue weighted by Crippen LogP contribution is -2.39. The number of carbonyl (C=O) groups is 1. The molecule has 2 rings (SSSR count). The Morgan fingerprint density at radius 3 is 2.84 bits per heavy atom. The fourth-order valence-electron chi connectivity index (χ4n) is 2.30. The number of aromatic nitrogens is 1. The van der Waals surface area contributed by atoms with Crippen molar-refractivity contribution in [2.75, 3.05) is 5.43 Å². The van der Waals surface area contributed by atoms with E-state index < -0.39 is 0 Å². The fourth-order valence-corrected chi connectivity index (χ4v) is 2.30. The van der Waals surface area contributed by atoms with E-state index >= 15 is 0 Å². The van der Waals surface area contributed by atoms with Gasteiger partial charge in [0.05, 0.1) is 5.52 Å². The molecule has 1 unspecified atom stereocenters. The number of nitrogens with zero attached hydrogens (tertiary/aromatic N) is 1. The smallest absolute Gasteiger partial charge is 0.241 e. The molecule has 0 aliphatic rings. The zero-order valence-corrected chi connectivity index (χ0v) is 11.5. The van der Waals surface area contributed by atoms with Crippen LogP contribution < -0.4 is 11.2 Å². The third-order valence-corrected chi connectivity index (χ3v) is 3.40. The van der Waals surface area contributed by atoms with E-state index in [4.69, 9.17) is 5.73 Å². The third-order valence-electron chi connectivity index (χ3n) is 3.40. The van der Waals surface area contributed by atoms with Gasteiger partial charge in [0.1, 0.15) is 6.04 Å². The van der Waals surface area contributed by atoms with Crippen molar-refractivity contribution in [3.63, 3.8) is 0 Å². The molecular weight excluding hydrogens is 238 g/mol. The van der Waals surface area contributed by atoms with E-state index in [-0.39, 0.29) is 11.9 Å². The van der Waals surface area contributed by atoms with Crippen molar-refractivity contribution in [1.29, 1.82) is 0 Å². The van der Waals surface area contributed by atoms with E-state index in [0.717, 1.165) is 24.8 Å². The molecule has 1 aromatic heterocycles. The van der Waals surface area contributed by atoms with Crippen LogP contribution in [0, 0.1) is 6.92 Å². The van der Waals surface area contributed by atoms with Gasteiger partial charge in [0.25, 0.3) is 0 Å². The quantitative estimate of drug-likeness (QED) is 0.837. The van der Waals surface area contributed by atoms with Gasteiger partial charge in [-0.1, -0.05) is 38.0 Å². The summed E-state index contributed by atoms with van der Waals surface area (Å²) in [6, 6.07) is 7.80. The first-order valence-corrected chi connectivity index (χ1v) is 6.76. The highest BCUT2D eigenvalue weighted by Crippen LogP contribution is 2.19. The van der Waals surface area contributed by atoms with Gasteiger partial charge in [-0.3, -0.25) is 9.47 Å². The van der Waals surface area contributed by atoms with Gasteiger partial charge in [0.15, 0.2) is 0 Å². The predicted octanol–water partition coefficient (Wildman–Crippen LogP) is 2.54. The van der Waals surface area contributed by atoms with E-state index in [0.29, 0.717) is 0 Å². The maximum absolute atomic E-state index is 11.5. The Bertz CT molecular complexity index is 574. The molecule has 0 aliphatic heterocycles. The summed E-state index contributed by atoms with van der Waals surface area (Å²) in [6.45, 7) is 4.17. The monoisotopic (exact) mass is 259 g/mol. The molecule has 3 N–H and O–H groups in total. The first kappa shape index (κ1) is 13.5. The first-order valence-electron chi connectivity index (χ1n) is 6.76. The Hall–Kier alpha value is -1.97. The first-order chi connectivity index (χ1) is 9.13. The van der Waals surface area contributed by atoms with Gasteiger partial charge in [-0.2, -0.15) is 0 Å². The Labute approximate surface area is 113 Å². The van der Waals surface area contributed by atoms with Crippen LogP contribution in [0.15, 0.2) is 30.5 Å². The van der Waals surface area contributed by atoms with Crippen LogP contribution in [0.2, 0.25) is 0 Å². The Morgan fingerprint density at radius 1 is 1.42 bits per heavy atom. The molecule has 1 aromatic carbocycles. The zero-order chi connectivity index (χ0) is 13.8. The van der Waals surface area contributed by atoms with Crippen molar-refractivity contribution < 1.29 is 4.79 Å². The lowest BCUT2D eigenvalue weighted by Gasteiger charge is -2.18. The van der Waals surface area contributed by atoms with Gasteiger partial charge in [-0.05, 0) is 25.0 Å². The third kappa shape index (κ3) is 2.89. The number of primary amides is 1. The molecule has 0 aliphatic carbocycles. The summed E-state index contributed by atoms with van der Waals surface area (Å²) in [5, 5.41) is 1.19. The van der Waals surface area contributed by atoms with Crippen molar-refractivity contribution in [3.05, 3.63) is 36.0 Å². The topological polar surface area (TPSA) is 60.1 Å². The molecule has 0 saturated carbocycles. The summed E-state index contributed by atoms with van der Waals surface area (Å²) in [5.41, 5.74) is 10.9. The van der Waals surface area contributed by atoms with Crippen molar-refractivity contribution in [2.24, 2.45) is 5.73 Å². The lowest BCUT2D eigenvalue weighted by molar-refractivity contribution is -0.119. The molecule has 0 spiro atoms. The highest BCUT2D eigenvalue weighted by Gasteiger charge is 2.15. The number of rotatable bonds is 6. The molecule has 0 radical (unpaired) electrons. The number of benzene rings is 1. The van der Waals surface area contributed by atoms with Crippen LogP contribution in [0.5, 0.6) is 0 Å². The van der Waals surface area contributed by atoms with Gasteiger partial charge < -0.3 is 11.2 Å². The largest absolute Gasteiger partial charge is 0.368 e. The molecule has 2 aromatic rings. The second-order valence-electron chi connectivity index (χ2n) is 4.93. The number of nitrogens with one attached hydrogen (secondary N) is 1. The van der Waals surface area contributed by atoms with Crippen molar-refractivity contribution in [2.45, 2.75) is 39.2 Å². The number of amides is 1. The van der Waals surface area contributed by atoms with Gasteiger partial charge in [0, 0.05) is 11.6 Å². The molecule has 102 valence electrons. The summed E-state index contributed by atoms with van der Waals surface area (Å²) < 4.78 is 1.91. The van der Waals surface area contributed by atoms with E-state index in [2.05, 4.69) is 25.3 Å². The molecule has 19 heavy (non-hydrogen) atoms. The summed E-state index contributed by atoms with van der Waals surface area (Å²) in [6.07, 6.45) is 4.81. The summed E-state index contributed by atoms with van der Waals surface area (Å²) >= 11 is 0. The zero-order valence-electron chi connectivity index (χ0n) is 11.5. The molecule has 0 saturated heterocycles. The number of fused-ring (bicyclic) bond motifs is 1. The lowest BCUT2D eigenvalue weighted by atomic mass is 10.1. The van der Waals surface area contributed by atoms with E-state index in [1.165, 1.54) is 10.9 Å². The van der Waals surface area contributed by atoms with Crippen molar-refractivity contribution in [3.8, 4) is 0 Å². The Morgan fingerprint density at radius 2 is 2.16 bits per heavy atom. The molecule has 1 atom stereocenters. The number of aryl methyl sites for hydroxylation is 1. The van der Waals surface area contributed by atoms with Crippen LogP contribution in [-0.2, 0) is 4.79 Å². The van der Waals surface area contributed by atoms with Crippen molar-refractivity contribution >= 4 is 16.8 Å². The van der Waals surface area contributed by atoms with Gasteiger partial charge in [-0.25, -0.2) is 0 Å². The molecule has 1 heterocycles. The Balaban J connectivity index is 2.26. The predicted molar refractivity (Wildman–Crippen MR) is 78.5 cm³/mol. The van der Waals surface area contributed by atoms with E-state index in [9.17, 15) is 4.79 Å². The van der Waals surface area contributed by atoms with Gasteiger partial charge in [-0.15, -0.1) is 0 Å². The molecule has 0 fully saturated rings. The highest BCUT2D eigenvalue weighted by atomic mass is 16.1. The summed E-state index contributed by atoms with van der Waals surface area (Å²) in [4.78, 5) is 11.5. The number of carbonyl (C=O) groups excluding carboxylic acids is 1. The van der Waals surface area contributed by atoms with E-state index in [1.54, 1.807) is 0 Å². The number of hydrogen-bond acceptors (Lipinski definition) is 2. The minimum absolute atomic E-state index is 0.302. The van der Waals surface area contributed by atoms with Crippen LogP contribution in [0.4, 0.5) is 0 Å². The van der Waals surface area contributed by atoms with Crippen molar-refractivity contribution in [1.82, 2.24) is 4.68 Å².